The monoisotopic (exact) mass is 431 g/mol. The van der Waals surface area contributed by atoms with Gasteiger partial charge in [0.15, 0.2) is 0 Å². The largest absolute Gasteiger partial charge is 0.508 e. The summed E-state index contributed by atoms with van der Waals surface area (Å²) in [5.74, 6) is -0.667. The van der Waals surface area contributed by atoms with Crippen molar-refractivity contribution in [2.45, 2.75) is 12.8 Å². The Labute approximate surface area is 175 Å². The Morgan fingerprint density at radius 3 is 2.79 bits per heavy atom. The number of hydrazine groups is 1. The van der Waals surface area contributed by atoms with Gasteiger partial charge < -0.3 is 9.52 Å². The van der Waals surface area contributed by atoms with Gasteiger partial charge in [-0.1, -0.05) is 30.0 Å². The number of thiocarbonyl (C=S) groups is 1. The molecular weight excluding hydrogens is 414 g/mol. The van der Waals surface area contributed by atoms with E-state index in [9.17, 15) is 19.5 Å². The van der Waals surface area contributed by atoms with Crippen LogP contribution in [0.25, 0.3) is 6.08 Å². The molecule has 1 aromatic heterocycles. The normalized spacial score (nSPS) is 15.0. The topological polar surface area (TPSA) is 112 Å². The zero-order valence-corrected chi connectivity index (χ0v) is 16.7. The van der Waals surface area contributed by atoms with Crippen molar-refractivity contribution in [2.24, 2.45) is 0 Å². The van der Waals surface area contributed by atoms with Crippen molar-refractivity contribution in [3.63, 3.8) is 0 Å². The van der Waals surface area contributed by atoms with E-state index >= 15 is 0 Å². The predicted molar refractivity (Wildman–Crippen MR) is 112 cm³/mol. The van der Waals surface area contributed by atoms with Gasteiger partial charge in [0, 0.05) is 24.6 Å². The predicted octanol–water partition coefficient (Wildman–Crippen LogP) is 2.43. The number of aromatic hydroxyl groups is 1. The smallest absolute Gasteiger partial charge is 0.269 e. The number of rotatable bonds is 6. The van der Waals surface area contributed by atoms with E-state index in [-0.39, 0.29) is 30.2 Å². The Kier molecular flexibility index (Phi) is 6.68. The molecule has 2 heterocycles. The summed E-state index contributed by atoms with van der Waals surface area (Å²) >= 11 is 6.42. The average molecular weight is 431 g/mol. The van der Waals surface area contributed by atoms with Crippen LogP contribution in [-0.2, 0) is 9.59 Å². The molecule has 10 heteroatoms. The molecule has 3 N–H and O–H groups in total. The highest BCUT2D eigenvalue weighted by Gasteiger charge is 2.31. The molecular formula is C19H17N3O5S2. The molecule has 29 heavy (non-hydrogen) atoms. The van der Waals surface area contributed by atoms with E-state index in [0.29, 0.717) is 21.4 Å². The molecule has 0 saturated carbocycles. The highest BCUT2D eigenvalue weighted by atomic mass is 32.2. The number of phenols is 1. The number of thioether (sulfide) groups is 1. The standard InChI is InChI=1S/C19H17N3O5S2/c23-13-5-1-4-12(10-13)17(25)21-20-16(24)7-2-8-22-18(26)15(29-19(22)28)11-14-6-3-9-27-14/h1,3-6,9-11,23H,2,7-8H2,(H,20,24)(H,21,25)/b15-11+. The zero-order chi connectivity index (χ0) is 20.8. The number of carbonyl (C=O) groups is 3. The Morgan fingerprint density at radius 1 is 1.24 bits per heavy atom. The fourth-order valence-electron chi connectivity index (χ4n) is 2.50. The van der Waals surface area contributed by atoms with Gasteiger partial charge in [-0.25, -0.2) is 0 Å². The van der Waals surface area contributed by atoms with E-state index in [1.807, 2.05) is 0 Å². The SMILES string of the molecule is O=C(CCCN1C(=O)/C(=C\c2ccco2)SC1=S)NNC(=O)c1cccc(O)c1. The second-order valence-corrected chi connectivity index (χ2v) is 7.68. The molecule has 1 aliphatic heterocycles. The van der Waals surface area contributed by atoms with Gasteiger partial charge in [-0.05, 0) is 36.8 Å². The number of phenolic OH excluding ortho intramolecular Hbond substituents is 1. The lowest BCUT2D eigenvalue weighted by Crippen LogP contribution is -2.41. The Bertz CT molecular complexity index is 972. The Hall–Kier alpha value is -3.11. The summed E-state index contributed by atoms with van der Waals surface area (Å²) < 4.78 is 5.63. The maximum absolute atomic E-state index is 12.4. The van der Waals surface area contributed by atoms with Gasteiger partial charge in [0.2, 0.25) is 5.91 Å². The number of hydrogen-bond donors (Lipinski definition) is 3. The van der Waals surface area contributed by atoms with Crippen LogP contribution in [0.5, 0.6) is 5.75 Å². The van der Waals surface area contributed by atoms with Crippen molar-refractivity contribution < 1.29 is 23.9 Å². The molecule has 3 rings (SSSR count). The molecule has 0 unspecified atom stereocenters. The summed E-state index contributed by atoms with van der Waals surface area (Å²) in [6.45, 7) is 0.286. The van der Waals surface area contributed by atoms with Crippen LogP contribution in [0.2, 0.25) is 0 Å². The van der Waals surface area contributed by atoms with Crippen LogP contribution in [0, 0.1) is 0 Å². The minimum atomic E-state index is -0.547. The fraction of sp³-hybridized carbons (Fsp3) is 0.158. The summed E-state index contributed by atoms with van der Waals surface area (Å²) in [7, 11) is 0. The highest BCUT2D eigenvalue weighted by molar-refractivity contribution is 8.26. The molecule has 1 aliphatic rings. The van der Waals surface area contributed by atoms with Gasteiger partial charge in [0.05, 0.1) is 11.2 Å². The Balaban J connectivity index is 1.43. The summed E-state index contributed by atoms with van der Waals surface area (Å²) in [5.41, 5.74) is 4.79. The third-order valence-corrected chi connectivity index (χ3v) is 5.28. The van der Waals surface area contributed by atoms with E-state index in [2.05, 4.69) is 10.9 Å². The molecule has 150 valence electrons. The molecule has 2 aromatic rings. The lowest BCUT2D eigenvalue weighted by molar-refractivity contribution is -0.124. The molecule has 0 spiro atoms. The molecule has 0 bridgehead atoms. The van der Waals surface area contributed by atoms with Crippen LogP contribution < -0.4 is 10.9 Å². The molecule has 0 aliphatic carbocycles. The van der Waals surface area contributed by atoms with Crippen molar-refractivity contribution in [1.82, 2.24) is 15.8 Å². The number of nitrogens with zero attached hydrogens (tertiary/aromatic N) is 1. The van der Waals surface area contributed by atoms with Crippen molar-refractivity contribution in [3.8, 4) is 5.75 Å². The first-order valence-corrected chi connectivity index (χ1v) is 9.83. The first kappa shape index (κ1) is 20.6. The van der Waals surface area contributed by atoms with Crippen molar-refractivity contribution >= 4 is 52.1 Å². The van der Waals surface area contributed by atoms with E-state index in [1.54, 1.807) is 18.2 Å². The van der Waals surface area contributed by atoms with Gasteiger partial charge in [0.1, 0.15) is 15.8 Å². The van der Waals surface area contributed by atoms with E-state index in [4.69, 9.17) is 16.6 Å². The third-order valence-electron chi connectivity index (χ3n) is 3.90. The van der Waals surface area contributed by atoms with Crippen LogP contribution in [-0.4, -0.2) is 38.6 Å². The number of hydrogen-bond acceptors (Lipinski definition) is 7. The number of benzene rings is 1. The summed E-state index contributed by atoms with van der Waals surface area (Å²) in [4.78, 5) is 38.2. The number of furan rings is 1. The van der Waals surface area contributed by atoms with Gasteiger partial charge in [0.25, 0.3) is 11.8 Å². The van der Waals surface area contributed by atoms with Gasteiger partial charge >= 0.3 is 0 Å². The lowest BCUT2D eigenvalue weighted by atomic mass is 10.2. The summed E-state index contributed by atoms with van der Waals surface area (Å²) in [5, 5.41) is 9.37. The Morgan fingerprint density at radius 2 is 2.07 bits per heavy atom. The van der Waals surface area contributed by atoms with Gasteiger partial charge in [-0.2, -0.15) is 0 Å². The molecule has 1 aromatic carbocycles. The van der Waals surface area contributed by atoms with Crippen molar-refractivity contribution in [3.05, 3.63) is 58.9 Å². The zero-order valence-electron chi connectivity index (χ0n) is 15.1. The average Bonchev–Trinajstić information content (AvgIpc) is 3.30. The minimum Gasteiger partial charge on any atom is -0.508 e. The first-order chi connectivity index (χ1) is 13.9. The quantitative estimate of drug-likeness (QED) is 0.366. The number of amides is 3. The molecule has 8 nitrogen and oxygen atoms in total. The van der Waals surface area contributed by atoms with E-state index < -0.39 is 11.8 Å². The molecule has 0 atom stereocenters. The van der Waals surface area contributed by atoms with Crippen molar-refractivity contribution in [2.75, 3.05) is 6.54 Å². The summed E-state index contributed by atoms with van der Waals surface area (Å²) in [6, 6.07) is 9.22. The van der Waals surface area contributed by atoms with Crippen LogP contribution >= 0.6 is 24.0 Å². The molecule has 1 saturated heterocycles. The second-order valence-electron chi connectivity index (χ2n) is 6.00. The van der Waals surface area contributed by atoms with E-state index in [0.717, 1.165) is 0 Å². The molecule has 0 radical (unpaired) electrons. The maximum Gasteiger partial charge on any atom is 0.269 e. The summed E-state index contributed by atoms with van der Waals surface area (Å²) in [6.07, 6.45) is 3.61. The lowest BCUT2D eigenvalue weighted by Gasteiger charge is -2.14. The van der Waals surface area contributed by atoms with Crippen molar-refractivity contribution in [1.29, 1.82) is 0 Å². The van der Waals surface area contributed by atoms with Crippen LogP contribution in [0.3, 0.4) is 0 Å². The first-order valence-electron chi connectivity index (χ1n) is 8.61. The third kappa shape index (κ3) is 5.46. The van der Waals surface area contributed by atoms with Crippen LogP contribution in [0.15, 0.2) is 52.0 Å². The van der Waals surface area contributed by atoms with E-state index in [1.165, 1.54) is 47.2 Å². The fourth-order valence-corrected chi connectivity index (χ4v) is 3.79. The second kappa shape index (κ2) is 9.39. The molecule has 3 amide bonds. The minimum absolute atomic E-state index is 0.0476. The molecule has 1 fully saturated rings. The van der Waals surface area contributed by atoms with Gasteiger partial charge in [-0.3, -0.25) is 30.1 Å². The van der Waals surface area contributed by atoms with Crippen LogP contribution in [0.1, 0.15) is 29.0 Å². The number of carbonyl (C=O) groups excluding carboxylic acids is 3. The number of nitrogens with one attached hydrogen (secondary N) is 2. The van der Waals surface area contributed by atoms with Crippen LogP contribution in [0.4, 0.5) is 0 Å². The maximum atomic E-state index is 12.4. The van der Waals surface area contributed by atoms with Gasteiger partial charge in [-0.15, -0.1) is 0 Å². The highest BCUT2D eigenvalue weighted by Crippen LogP contribution is 2.32.